The van der Waals surface area contributed by atoms with Gasteiger partial charge >= 0.3 is 0 Å². The summed E-state index contributed by atoms with van der Waals surface area (Å²) < 4.78 is 5.41. The van der Waals surface area contributed by atoms with Crippen LogP contribution in [0.4, 0.5) is 5.82 Å². The van der Waals surface area contributed by atoms with Crippen LogP contribution in [0.5, 0.6) is 0 Å². The number of aromatic nitrogens is 2. The van der Waals surface area contributed by atoms with E-state index in [-0.39, 0.29) is 24.6 Å². The molecule has 2 N–H and O–H groups in total. The lowest BCUT2D eigenvalue weighted by Gasteiger charge is -2.25. The summed E-state index contributed by atoms with van der Waals surface area (Å²) in [6.45, 7) is 7.51. The first kappa shape index (κ1) is 18.0. The van der Waals surface area contributed by atoms with E-state index in [1.807, 2.05) is 20.8 Å². The number of hydrogen-bond acceptors (Lipinski definition) is 7. The van der Waals surface area contributed by atoms with E-state index in [4.69, 9.17) is 4.74 Å². The Morgan fingerprint density at radius 3 is 2.96 bits per heavy atom. The Hall–Kier alpha value is -1.77. The Morgan fingerprint density at radius 2 is 2.32 bits per heavy atom. The molecule has 2 aromatic heterocycles. The number of carbonyl (C=O) groups excluding carboxylic acids is 1. The second kappa shape index (κ2) is 7.63. The molecule has 2 aromatic rings. The molecular formula is C17H24N4O3S. The Morgan fingerprint density at radius 1 is 1.52 bits per heavy atom. The highest BCUT2D eigenvalue weighted by Crippen LogP contribution is 2.34. The Bertz CT molecular complexity index is 756. The molecule has 1 fully saturated rings. The summed E-state index contributed by atoms with van der Waals surface area (Å²) in [6, 6.07) is 0.252. The zero-order valence-electron chi connectivity index (χ0n) is 14.8. The zero-order valence-corrected chi connectivity index (χ0v) is 15.6. The van der Waals surface area contributed by atoms with Crippen molar-refractivity contribution in [1.82, 2.24) is 14.9 Å². The van der Waals surface area contributed by atoms with E-state index in [0.717, 1.165) is 34.6 Å². The molecule has 136 valence electrons. The second-order valence-electron chi connectivity index (χ2n) is 6.48. The smallest absolute Gasteiger partial charge is 0.264 e. The lowest BCUT2D eigenvalue weighted by Crippen LogP contribution is -2.38. The van der Waals surface area contributed by atoms with Crippen molar-refractivity contribution in [2.75, 3.05) is 31.7 Å². The molecule has 1 unspecified atom stereocenters. The van der Waals surface area contributed by atoms with Crippen molar-refractivity contribution >= 4 is 33.3 Å². The van der Waals surface area contributed by atoms with Gasteiger partial charge in [0, 0.05) is 19.2 Å². The van der Waals surface area contributed by atoms with E-state index in [1.165, 1.54) is 17.7 Å². The van der Waals surface area contributed by atoms with Crippen molar-refractivity contribution in [3.8, 4) is 0 Å². The van der Waals surface area contributed by atoms with Gasteiger partial charge in [0.1, 0.15) is 17.0 Å². The molecule has 8 heteroatoms. The van der Waals surface area contributed by atoms with Gasteiger partial charge in [-0.05, 0) is 32.8 Å². The van der Waals surface area contributed by atoms with Gasteiger partial charge in [-0.15, -0.1) is 11.3 Å². The van der Waals surface area contributed by atoms with E-state index in [1.54, 1.807) is 4.90 Å². The van der Waals surface area contributed by atoms with Crippen molar-refractivity contribution in [1.29, 1.82) is 0 Å². The van der Waals surface area contributed by atoms with Crippen LogP contribution in [0.2, 0.25) is 0 Å². The molecule has 0 spiro atoms. The number of amides is 1. The van der Waals surface area contributed by atoms with E-state index >= 15 is 0 Å². The Labute approximate surface area is 151 Å². The first-order valence-corrected chi connectivity index (χ1v) is 9.34. The van der Waals surface area contributed by atoms with Gasteiger partial charge < -0.3 is 20.1 Å². The minimum atomic E-state index is -0.0697. The fourth-order valence-electron chi connectivity index (χ4n) is 3.06. The number of fused-ring (bicyclic) bond motifs is 1. The fourth-order valence-corrected chi connectivity index (χ4v) is 4.16. The van der Waals surface area contributed by atoms with Crippen LogP contribution in [0.1, 0.15) is 35.5 Å². The number of aryl methyl sites for hydroxylation is 1. The van der Waals surface area contributed by atoms with Crippen molar-refractivity contribution in [3.63, 3.8) is 0 Å². The van der Waals surface area contributed by atoms with Crippen LogP contribution in [0.15, 0.2) is 6.33 Å². The third-order valence-corrected chi connectivity index (χ3v) is 5.60. The van der Waals surface area contributed by atoms with Gasteiger partial charge in [0.25, 0.3) is 5.91 Å². The first-order valence-electron chi connectivity index (χ1n) is 8.53. The molecule has 0 aromatic carbocycles. The highest BCUT2D eigenvalue weighted by Gasteiger charge is 2.26. The maximum Gasteiger partial charge on any atom is 0.264 e. The predicted molar refractivity (Wildman–Crippen MR) is 98.3 cm³/mol. The molecule has 0 radical (unpaired) electrons. The number of thiophene rings is 1. The Kier molecular flexibility index (Phi) is 5.51. The molecule has 1 aliphatic heterocycles. The molecule has 3 rings (SSSR count). The molecular weight excluding hydrogens is 340 g/mol. The minimum Gasteiger partial charge on any atom is -0.395 e. The lowest BCUT2D eigenvalue weighted by molar-refractivity contribution is 0.0670. The lowest BCUT2D eigenvalue weighted by atomic mass is 10.1. The van der Waals surface area contributed by atoms with E-state index in [2.05, 4.69) is 15.3 Å². The number of anilines is 1. The predicted octanol–water partition coefficient (Wildman–Crippen LogP) is 2.04. The normalized spacial score (nSPS) is 17.4. The molecule has 0 bridgehead atoms. The summed E-state index contributed by atoms with van der Waals surface area (Å²) in [7, 11) is 0. The zero-order chi connectivity index (χ0) is 18.0. The average Bonchev–Trinajstić information content (AvgIpc) is 3.20. The number of aliphatic hydroxyl groups is 1. The summed E-state index contributed by atoms with van der Waals surface area (Å²) >= 11 is 1.38. The number of ether oxygens (including phenoxy) is 1. The van der Waals surface area contributed by atoms with Crippen LogP contribution in [0.3, 0.4) is 0 Å². The molecule has 1 atom stereocenters. The maximum absolute atomic E-state index is 13.0. The number of rotatable bonds is 6. The van der Waals surface area contributed by atoms with Gasteiger partial charge in [-0.1, -0.05) is 0 Å². The fraction of sp³-hybridized carbons (Fsp3) is 0.588. The molecule has 7 nitrogen and oxygen atoms in total. The number of nitrogens with zero attached hydrogens (tertiary/aromatic N) is 3. The van der Waals surface area contributed by atoms with E-state index in [9.17, 15) is 9.90 Å². The number of hydrogen-bond donors (Lipinski definition) is 2. The monoisotopic (exact) mass is 364 g/mol. The van der Waals surface area contributed by atoms with Crippen LogP contribution in [0, 0.1) is 6.92 Å². The minimum absolute atomic E-state index is 0.0172. The standard InChI is InChI=1S/C17H24N4O3S/c1-10(2)21(5-6-22)17(23)14-11(3)13-15(18-9-19-16(13)25-14)20-12-4-7-24-8-12/h9-10,12,22H,4-8H2,1-3H3,(H,18,19,20). The molecule has 0 aliphatic carbocycles. The third-order valence-electron chi connectivity index (χ3n) is 4.42. The summed E-state index contributed by atoms with van der Waals surface area (Å²) in [6.07, 6.45) is 2.47. The summed E-state index contributed by atoms with van der Waals surface area (Å²) in [5.74, 6) is 0.686. The van der Waals surface area contributed by atoms with Gasteiger partial charge in [-0.2, -0.15) is 0 Å². The molecule has 0 saturated carbocycles. The van der Waals surface area contributed by atoms with E-state index in [0.29, 0.717) is 18.0 Å². The SMILES string of the molecule is Cc1c(C(=O)N(CCO)C(C)C)sc2ncnc(NC3CCOC3)c12. The number of aliphatic hydroxyl groups excluding tert-OH is 1. The van der Waals surface area contributed by atoms with Crippen molar-refractivity contribution in [3.05, 3.63) is 16.8 Å². The van der Waals surface area contributed by atoms with Crippen LogP contribution in [-0.4, -0.2) is 64.3 Å². The topological polar surface area (TPSA) is 87.6 Å². The highest BCUT2D eigenvalue weighted by atomic mass is 32.1. The van der Waals surface area contributed by atoms with Gasteiger partial charge in [0.15, 0.2) is 0 Å². The van der Waals surface area contributed by atoms with Crippen LogP contribution < -0.4 is 5.32 Å². The van der Waals surface area contributed by atoms with Crippen molar-refractivity contribution in [2.45, 2.75) is 39.3 Å². The molecule has 25 heavy (non-hydrogen) atoms. The van der Waals surface area contributed by atoms with Crippen LogP contribution in [-0.2, 0) is 4.74 Å². The number of nitrogens with one attached hydrogen (secondary N) is 1. The van der Waals surface area contributed by atoms with Gasteiger partial charge in [0.2, 0.25) is 0 Å². The van der Waals surface area contributed by atoms with Crippen molar-refractivity contribution in [2.24, 2.45) is 0 Å². The average molecular weight is 364 g/mol. The second-order valence-corrected chi connectivity index (χ2v) is 7.48. The molecule has 1 saturated heterocycles. The van der Waals surface area contributed by atoms with Gasteiger partial charge in [-0.25, -0.2) is 9.97 Å². The maximum atomic E-state index is 13.0. The Balaban J connectivity index is 1.97. The summed E-state index contributed by atoms with van der Waals surface area (Å²) in [5.41, 5.74) is 0.885. The van der Waals surface area contributed by atoms with Crippen molar-refractivity contribution < 1.29 is 14.6 Å². The van der Waals surface area contributed by atoms with Gasteiger partial charge in [0.05, 0.1) is 29.5 Å². The summed E-state index contributed by atoms with van der Waals surface area (Å²) in [4.78, 5) is 24.8. The van der Waals surface area contributed by atoms with Gasteiger partial charge in [-0.3, -0.25) is 4.79 Å². The summed E-state index contributed by atoms with van der Waals surface area (Å²) in [5, 5.41) is 13.6. The molecule has 3 heterocycles. The van der Waals surface area contributed by atoms with Crippen LogP contribution in [0.25, 0.3) is 10.2 Å². The van der Waals surface area contributed by atoms with Crippen LogP contribution >= 0.6 is 11.3 Å². The molecule has 1 aliphatic rings. The third kappa shape index (κ3) is 3.61. The number of carbonyl (C=O) groups is 1. The molecule has 1 amide bonds. The van der Waals surface area contributed by atoms with E-state index < -0.39 is 0 Å². The quantitative estimate of drug-likeness (QED) is 0.816. The first-order chi connectivity index (χ1) is 12.0. The largest absolute Gasteiger partial charge is 0.395 e. The highest BCUT2D eigenvalue weighted by molar-refractivity contribution is 7.20.